The fourth-order valence-corrected chi connectivity index (χ4v) is 5.25. The second-order valence-corrected chi connectivity index (χ2v) is 9.12. The average molecular weight is 420 g/mol. The molecular weight excluding hydrogens is 401 g/mol. The minimum Gasteiger partial charge on any atom is -0.344 e. The second kappa shape index (κ2) is 7.72. The number of hydrogen-bond donors (Lipinski definition) is 0. The smallest absolute Gasteiger partial charge is 0.344 e. The Bertz CT molecular complexity index is 891. The van der Waals surface area contributed by atoms with Gasteiger partial charge in [-0.1, -0.05) is 24.3 Å². The molecule has 0 saturated carbocycles. The van der Waals surface area contributed by atoms with Crippen LogP contribution in [-0.2, 0) is 22.6 Å². The number of aromatic nitrogens is 2. The normalized spacial score (nSPS) is 16.7. The third-order valence-corrected chi connectivity index (χ3v) is 7.17. The van der Waals surface area contributed by atoms with Gasteiger partial charge >= 0.3 is 6.18 Å². The number of sulfonamides is 1. The zero-order chi connectivity index (χ0) is 19.7. The van der Waals surface area contributed by atoms with E-state index in [9.17, 15) is 21.6 Å². The quantitative estimate of drug-likeness (QED) is 0.744. The Kier molecular flexibility index (Phi) is 5.73. The number of hydrogen-bond acceptors (Lipinski definition) is 6. The molecule has 1 aromatic heterocycles. The zero-order valence-electron chi connectivity index (χ0n) is 14.6. The number of anilines is 1. The molecule has 0 N–H and O–H groups in total. The van der Waals surface area contributed by atoms with E-state index in [-0.39, 0.29) is 18.0 Å². The van der Waals surface area contributed by atoms with Gasteiger partial charge in [0.2, 0.25) is 15.2 Å². The number of rotatable bonds is 5. The predicted octanol–water partition coefficient (Wildman–Crippen LogP) is 3.02. The first-order chi connectivity index (χ1) is 12.7. The van der Waals surface area contributed by atoms with Crippen molar-refractivity contribution < 1.29 is 21.6 Å². The minimum atomic E-state index is -4.59. The summed E-state index contributed by atoms with van der Waals surface area (Å²) in [5, 5.41) is 9.94. The summed E-state index contributed by atoms with van der Waals surface area (Å²) in [7, 11) is -3.98. The van der Waals surface area contributed by atoms with Crippen molar-refractivity contribution >= 4 is 26.5 Å². The maximum Gasteiger partial charge on any atom is 0.416 e. The molecule has 0 atom stereocenters. The molecule has 6 nitrogen and oxygen atoms in total. The van der Waals surface area contributed by atoms with Crippen LogP contribution < -0.4 is 4.90 Å². The van der Waals surface area contributed by atoms with E-state index in [1.165, 1.54) is 21.7 Å². The van der Waals surface area contributed by atoms with Crippen molar-refractivity contribution in [2.24, 2.45) is 0 Å². The first-order valence-corrected chi connectivity index (χ1v) is 10.7. The average Bonchev–Trinajstić information content (AvgIpc) is 3.10. The fraction of sp³-hybridized carbons (Fsp3) is 0.500. The highest BCUT2D eigenvalue weighted by Gasteiger charge is 2.34. The van der Waals surface area contributed by atoms with E-state index in [0.717, 1.165) is 35.1 Å². The predicted molar refractivity (Wildman–Crippen MR) is 96.3 cm³/mol. The first kappa shape index (κ1) is 20.0. The number of halogens is 3. The van der Waals surface area contributed by atoms with E-state index in [1.54, 1.807) is 0 Å². The van der Waals surface area contributed by atoms with Crippen molar-refractivity contribution in [2.75, 3.05) is 31.1 Å². The summed E-state index contributed by atoms with van der Waals surface area (Å²) < 4.78 is 65.2. The van der Waals surface area contributed by atoms with Crippen LogP contribution in [0.5, 0.6) is 0 Å². The molecule has 11 heteroatoms. The molecule has 0 bridgehead atoms. The van der Waals surface area contributed by atoms with Crippen LogP contribution in [0.4, 0.5) is 18.3 Å². The largest absolute Gasteiger partial charge is 0.416 e. The molecule has 27 heavy (non-hydrogen) atoms. The first-order valence-electron chi connectivity index (χ1n) is 8.46. The van der Waals surface area contributed by atoms with Gasteiger partial charge in [-0.05, 0) is 24.6 Å². The standard InChI is InChI=1S/C16H19F3N4O2S2/c1-2-4-14-20-21-15(26-14)22-7-9-23(10-8-22)27(24,25)13-6-3-5-12(11-13)16(17,18)19/h3,5-6,11H,2,4,7-10H2,1H3. The maximum atomic E-state index is 12.9. The molecule has 0 radical (unpaired) electrons. The van der Waals surface area contributed by atoms with Crippen molar-refractivity contribution in [2.45, 2.75) is 30.8 Å². The maximum absolute atomic E-state index is 12.9. The Labute approximate surface area is 159 Å². The molecule has 3 rings (SSSR count). The number of benzene rings is 1. The lowest BCUT2D eigenvalue weighted by Gasteiger charge is -2.33. The molecule has 0 aliphatic carbocycles. The molecule has 0 amide bonds. The third-order valence-electron chi connectivity index (χ3n) is 4.23. The molecule has 0 unspecified atom stereocenters. The van der Waals surface area contributed by atoms with Crippen molar-refractivity contribution in [3.63, 3.8) is 0 Å². The van der Waals surface area contributed by atoms with Gasteiger partial charge in [-0.15, -0.1) is 10.2 Å². The lowest BCUT2D eigenvalue weighted by atomic mass is 10.2. The number of alkyl halides is 3. The van der Waals surface area contributed by atoms with E-state index in [4.69, 9.17) is 0 Å². The zero-order valence-corrected chi connectivity index (χ0v) is 16.2. The molecular formula is C16H19F3N4O2S2. The lowest BCUT2D eigenvalue weighted by Crippen LogP contribution is -2.48. The summed E-state index contributed by atoms with van der Waals surface area (Å²) in [5.41, 5.74) is -0.973. The second-order valence-electron chi connectivity index (χ2n) is 6.15. The Hall–Kier alpha value is -1.72. The van der Waals surface area contributed by atoms with Crippen LogP contribution in [-0.4, -0.2) is 49.1 Å². The van der Waals surface area contributed by atoms with Crippen LogP contribution >= 0.6 is 11.3 Å². The summed E-state index contributed by atoms with van der Waals surface area (Å²) in [5.74, 6) is 0. The molecule has 1 saturated heterocycles. The van der Waals surface area contributed by atoms with Crippen LogP contribution in [0.25, 0.3) is 0 Å². The van der Waals surface area contributed by atoms with Crippen molar-refractivity contribution in [1.29, 1.82) is 0 Å². The van der Waals surface area contributed by atoms with E-state index in [2.05, 4.69) is 17.1 Å². The Morgan fingerprint density at radius 1 is 1.15 bits per heavy atom. The third kappa shape index (κ3) is 4.41. The topological polar surface area (TPSA) is 66.4 Å². The summed E-state index contributed by atoms with van der Waals surface area (Å²) >= 11 is 1.48. The molecule has 2 aromatic rings. The lowest BCUT2D eigenvalue weighted by molar-refractivity contribution is -0.137. The van der Waals surface area contributed by atoms with Crippen LogP contribution in [0.15, 0.2) is 29.2 Å². The molecule has 2 heterocycles. The molecule has 1 aromatic carbocycles. The van der Waals surface area contributed by atoms with Crippen molar-refractivity contribution in [3.8, 4) is 0 Å². The van der Waals surface area contributed by atoms with E-state index in [0.29, 0.717) is 19.2 Å². The SMILES string of the molecule is CCCc1nnc(N2CCN(S(=O)(=O)c3cccc(C(F)(F)F)c3)CC2)s1. The minimum absolute atomic E-state index is 0.182. The summed E-state index contributed by atoms with van der Waals surface area (Å²) in [6.45, 7) is 3.25. The van der Waals surface area contributed by atoms with Gasteiger partial charge in [0.25, 0.3) is 0 Å². The summed E-state index contributed by atoms with van der Waals surface area (Å²) in [4.78, 5) is 1.61. The van der Waals surface area contributed by atoms with Crippen molar-refractivity contribution in [3.05, 3.63) is 34.8 Å². The van der Waals surface area contributed by atoms with Gasteiger partial charge in [0.05, 0.1) is 10.5 Å². The van der Waals surface area contributed by atoms with Crippen LogP contribution in [0.3, 0.4) is 0 Å². The van der Waals surface area contributed by atoms with Crippen LogP contribution in [0.2, 0.25) is 0 Å². The molecule has 0 spiro atoms. The fourth-order valence-electron chi connectivity index (χ4n) is 2.79. The molecule has 1 aliphatic heterocycles. The molecule has 148 valence electrons. The van der Waals surface area contributed by atoms with Crippen LogP contribution in [0, 0.1) is 0 Å². The highest BCUT2D eigenvalue weighted by atomic mass is 32.2. The molecule has 1 aliphatic rings. The van der Waals surface area contributed by atoms with Gasteiger partial charge in [0, 0.05) is 32.6 Å². The van der Waals surface area contributed by atoms with E-state index < -0.39 is 21.8 Å². The van der Waals surface area contributed by atoms with Gasteiger partial charge in [-0.25, -0.2) is 8.42 Å². The number of piperazine rings is 1. The van der Waals surface area contributed by atoms with Gasteiger partial charge < -0.3 is 4.90 Å². The summed E-state index contributed by atoms with van der Waals surface area (Å²) in [6.07, 6.45) is -2.77. The van der Waals surface area contributed by atoms with Gasteiger partial charge in [-0.3, -0.25) is 0 Å². The van der Waals surface area contributed by atoms with Gasteiger partial charge in [-0.2, -0.15) is 17.5 Å². The van der Waals surface area contributed by atoms with Crippen molar-refractivity contribution in [1.82, 2.24) is 14.5 Å². The molecule has 1 fully saturated rings. The summed E-state index contributed by atoms with van der Waals surface area (Å²) in [6, 6.07) is 3.85. The van der Waals surface area contributed by atoms with E-state index >= 15 is 0 Å². The Morgan fingerprint density at radius 2 is 1.85 bits per heavy atom. The highest BCUT2D eigenvalue weighted by molar-refractivity contribution is 7.89. The number of nitrogens with zero attached hydrogens (tertiary/aromatic N) is 4. The highest BCUT2D eigenvalue weighted by Crippen LogP contribution is 2.31. The number of aryl methyl sites for hydroxylation is 1. The monoisotopic (exact) mass is 420 g/mol. The van der Waals surface area contributed by atoms with Gasteiger partial charge in [0.15, 0.2) is 0 Å². The van der Waals surface area contributed by atoms with Gasteiger partial charge in [0.1, 0.15) is 5.01 Å². The van der Waals surface area contributed by atoms with Crippen LogP contribution in [0.1, 0.15) is 23.9 Å². The van der Waals surface area contributed by atoms with E-state index in [1.807, 2.05) is 4.90 Å². The Balaban J connectivity index is 1.71. The Morgan fingerprint density at radius 3 is 2.48 bits per heavy atom.